The Morgan fingerprint density at radius 3 is 1.01 bits per heavy atom. The van der Waals surface area contributed by atoms with Crippen LogP contribution in [0.1, 0.15) is 64.4 Å². The van der Waals surface area contributed by atoms with Crippen molar-refractivity contribution in [3.05, 3.63) is 248 Å². The lowest BCUT2D eigenvalue weighted by atomic mass is 10.2. The monoisotopic (exact) mass is 1510 g/mol. The standard InChI is InChI=1S/C60H74O16Si11.2C4H10O/c1-77-64-82(55-36-17-7-18-37-55)68-80(52-53-32-13-5-14-33-53)67-81(63-50-30-29-48-61,54-34-15-6-16-35-54)70-86(71-82,59-44-25-11-26-45-59)76-87(60-46-27-12-28-47-60)73-83(65-78-2,56-38-19-8-20-39-56)72-85(69-80,58-42-23-10-24-43-58)74-84(75-87,57-40-21-9-22-41-57)66-79(3,4)51-31-49-62;2*1-2-3-4-5/h5-28,32-47,61-62H,29-31,48-52,77-78H2,1-4H3;2*5H,2-4H2,1H3. The van der Waals surface area contributed by atoms with Crippen LogP contribution in [0.5, 0.6) is 0 Å². The van der Waals surface area contributed by atoms with Gasteiger partial charge in [0.2, 0.25) is 0 Å². The topological polar surface area (TPSA) is 210 Å². The van der Waals surface area contributed by atoms with Gasteiger partial charge >= 0.3 is 70.4 Å². The Balaban J connectivity index is 0.00000103. The number of hydrogen-bond acceptors (Lipinski definition) is 18. The van der Waals surface area contributed by atoms with Crippen LogP contribution in [-0.2, 0) is 64.0 Å². The molecule has 8 unspecified atom stereocenters. The molecular weight excluding hydrogens is 1410 g/mol. The predicted octanol–water partition coefficient (Wildman–Crippen LogP) is 6.08. The molecule has 0 aliphatic carbocycles. The number of aliphatic hydroxyl groups excluding tert-OH is 4. The Morgan fingerprint density at radius 1 is 0.340 bits per heavy atom. The molecule has 8 aromatic carbocycles. The molecular formula is C68H94O18Si11. The van der Waals surface area contributed by atoms with Crippen LogP contribution >= 0.6 is 0 Å². The summed E-state index contributed by atoms with van der Waals surface area (Å²) in [7, 11) is -46.2. The number of fused-ring (bicyclic) bond motifs is 4. The average Bonchev–Trinajstić information content (AvgIpc) is 0.692. The van der Waals surface area contributed by atoms with Gasteiger partial charge in [-0.15, -0.1) is 0 Å². The molecule has 4 fully saturated rings. The highest BCUT2D eigenvalue weighted by molar-refractivity contribution is 7.09. The molecule has 29 heteroatoms. The van der Waals surface area contributed by atoms with Crippen LogP contribution < -0.4 is 36.3 Å². The first-order valence-electron chi connectivity index (χ1n) is 33.7. The van der Waals surface area contributed by atoms with E-state index in [1.807, 2.05) is 256 Å². The highest BCUT2D eigenvalue weighted by atomic mass is 28.6. The van der Waals surface area contributed by atoms with Gasteiger partial charge in [0.05, 0.1) is 0 Å². The minimum absolute atomic E-state index is 0.0431. The molecule has 4 aliphatic heterocycles. The predicted molar refractivity (Wildman–Crippen MR) is 402 cm³/mol. The zero-order valence-corrected chi connectivity index (χ0v) is 68.2. The first-order valence-corrected chi connectivity index (χ1v) is 54.8. The normalized spacial score (nSPS) is 26.6. The third-order valence-electron chi connectivity index (χ3n) is 15.8. The van der Waals surface area contributed by atoms with Crippen LogP contribution in [-0.4, -0.2) is 152 Å². The Morgan fingerprint density at radius 2 is 0.649 bits per heavy atom. The lowest BCUT2D eigenvalue weighted by molar-refractivity contribution is 0.0344. The van der Waals surface area contributed by atoms with Gasteiger partial charge in [-0.25, -0.2) is 0 Å². The van der Waals surface area contributed by atoms with Gasteiger partial charge in [-0.05, 0) is 56.8 Å². The smallest absolute Gasteiger partial charge is 0.419 e. The van der Waals surface area contributed by atoms with E-state index in [0.717, 1.165) is 31.2 Å². The van der Waals surface area contributed by atoms with Gasteiger partial charge in [-0.2, -0.15) is 0 Å². The first-order chi connectivity index (χ1) is 47.2. The number of rotatable bonds is 27. The third kappa shape index (κ3) is 18.9. The molecule has 8 aromatic rings. The molecule has 4 N–H and O–H groups in total. The fourth-order valence-electron chi connectivity index (χ4n) is 11.2. The van der Waals surface area contributed by atoms with Crippen molar-refractivity contribution in [2.24, 2.45) is 0 Å². The minimum atomic E-state index is -5.24. The Kier molecular flexibility index (Phi) is 28.7. The third-order valence-corrected chi connectivity index (χ3v) is 56.7. The molecule has 8 atom stereocenters. The molecule has 4 saturated heterocycles. The highest BCUT2D eigenvalue weighted by Crippen LogP contribution is 2.44. The van der Waals surface area contributed by atoms with Crippen LogP contribution in [0.4, 0.5) is 0 Å². The highest BCUT2D eigenvalue weighted by Gasteiger charge is 2.80. The van der Waals surface area contributed by atoms with Crippen LogP contribution in [0, 0.1) is 0 Å². The molecule has 4 bridgehead atoms. The molecule has 0 radical (unpaired) electrons. The molecule has 0 spiro atoms. The molecule has 12 rings (SSSR count). The molecule has 4 heterocycles. The van der Waals surface area contributed by atoms with E-state index in [1.54, 1.807) is 0 Å². The maximum absolute atomic E-state index is 10.6. The van der Waals surface area contributed by atoms with Crippen LogP contribution in [0.15, 0.2) is 243 Å². The summed E-state index contributed by atoms with van der Waals surface area (Å²) in [6.07, 6.45) is 5.35. The molecule has 18 nitrogen and oxygen atoms in total. The second-order valence-electron chi connectivity index (χ2n) is 23.8. The van der Waals surface area contributed by atoms with Crippen LogP contribution in [0.25, 0.3) is 0 Å². The van der Waals surface area contributed by atoms with E-state index >= 15 is 0 Å². The van der Waals surface area contributed by atoms with Gasteiger partial charge < -0.3 is 78.3 Å². The Labute approximate surface area is 587 Å². The number of unbranched alkanes of at least 4 members (excludes halogenated alkanes) is 3. The van der Waals surface area contributed by atoms with Crippen molar-refractivity contribution in [1.82, 2.24) is 0 Å². The molecule has 0 aromatic heterocycles. The van der Waals surface area contributed by atoms with E-state index in [2.05, 4.69) is 26.9 Å². The zero-order valence-electron chi connectivity index (χ0n) is 56.4. The van der Waals surface area contributed by atoms with Crippen molar-refractivity contribution in [2.75, 3.05) is 33.0 Å². The molecule has 518 valence electrons. The maximum atomic E-state index is 10.6. The summed E-state index contributed by atoms with van der Waals surface area (Å²) in [5, 5.41) is 40.8. The average molecular weight is 1510 g/mol. The lowest BCUT2D eigenvalue weighted by Crippen LogP contribution is -2.89. The van der Waals surface area contributed by atoms with Crippen molar-refractivity contribution in [3.63, 3.8) is 0 Å². The fourth-order valence-corrected chi connectivity index (χ4v) is 62.9. The van der Waals surface area contributed by atoms with E-state index in [0.29, 0.717) is 74.8 Å². The number of aliphatic hydroxyl groups is 4. The molecule has 0 amide bonds. The van der Waals surface area contributed by atoms with E-state index in [9.17, 15) is 10.2 Å². The molecule has 4 aliphatic rings. The van der Waals surface area contributed by atoms with E-state index in [-0.39, 0.29) is 25.9 Å². The fraction of sp³-hybridized carbons (Fsp3) is 0.294. The lowest BCUT2D eigenvalue weighted by Gasteiger charge is -2.57. The SMILES string of the molecule is CCCCO.CCCCO.C[SiH2]O[Si]1(c2ccccc2)O[Si]2(Cc3ccccc3)O[Si](OCCCCO)(c3ccccc3)O[Si](c3ccccc3)(O1)O[Si]1(c3ccccc3)O[Si](O[SiH2]C)(c3ccccc3)O[Si](c3ccccc3)(O2)O[Si](O[Si](C)(C)CCCO)(c2ccccc2)O1. The van der Waals surface area contributed by atoms with Gasteiger partial charge in [0, 0.05) is 75.4 Å². The van der Waals surface area contributed by atoms with E-state index in [1.165, 1.54) is 0 Å². The zero-order chi connectivity index (χ0) is 68.6. The van der Waals surface area contributed by atoms with Gasteiger partial charge in [0.15, 0.2) is 8.32 Å². The van der Waals surface area contributed by atoms with Crippen molar-refractivity contribution in [2.45, 2.75) is 97.1 Å². The second-order valence-corrected chi connectivity index (χ2v) is 54.1. The second kappa shape index (κ2) is 36.3. The van der Waals surface area contributed by atoms with Gasteiger partial charge in [0.1, 0.15) is 19.5 Å². The van der Waals surface area contributed by atoms with Crippen molar-refractivity contribution >= 4 is 135 Å². The number of hydrogen-bond donors (Lipinski definition) is 4. The summed E-state index contributed by atoms with van der Waals surface area (Å²) >= 11 is 0. The summed E-state index contributed by atoms with van der Waals surface area (Å²) in [6, 6.07) is 77.9. The largest absolute Gasteiger partial charge is 0.522 e. The Hall–Kier alpha value is -4.57. The summed E-state index contributed by atoms with van der Waals surface area (Å²) < 4.78 is 116. The van der Waals surface area contributed by atoms with E-state index < -0.39 is 98.3 Å². The van der Waals surface area contributed by atoms with Crippen molar-refractivity contribution in [3.8, 4) is 0 Å². The van der Waals surface area contributed by atoms with Gasteiger partial charge in [-0.1, -0.05) is 282 Å². The quantitative estimate of drug-likeness (QED) is 0.0339. The van der Waals surface area contributed by atoms with Gasteiger partial charge in [0.25, 0.3) is 0 Å². The Bertz CT molecular complexity index is 3550. The first kappa shape index (κ1) is 76.6. The summed E-state index contributed by atoms with van der Waals surface area (Å²) in [6.45, 7) is 13.0. The van der Waals surface area contributed by atoms with Gasteiger partial charge in [-0.3, -0.25) is 0 Å². The van der Waals surface area contributed by atoms with E-state index in [4.69, 9.17) is 68.1 Å². The molecule has 0 saturated carbocycles. The summed E-state index contributed by atoms with van der Waals surface area (Å²) in [5.74, 6) is 0. The van der Waals surface area contributed by atoms with Crippen LogP contribution in [0.2, 0.25) is 32.2 Å². The summed E-state index contributed by atoms with van der Waals surface area (Å²) in [4.78, 5) is 0. The molecule has 97 heavy (non-hydrogen) atoms. The minimum Gasteiger partial charge on any atom is -0.419 e. The summed E-state index contributed by atoms with van der Waals surface area (Å²) in [5.41, 5.74) is 0.774. The van der Waals surface area contributed by atoms with Crippen molar-refractivity contribution < 1.29 is 78.3 Å². The van der Waals surface area contributed by atoms with Crippen LogP contribution in [0.3, 0.4) is 0 Å². The number of benzene rings is 8. The maximum Gasteiger partial charge on any atom is 0.522 e. The van der Waals surface area contributed by atoms with Crippen molar-refractivity contribution in [1.29, 1.82) is 0 Å².